The van der Waals surface area contributed by atoms with E-state index in [2.05, 4.69) is 10.1 Å². The average molecular weight is 287 g/mol. The van der Waals surface area contributed by atoms with Crippen molar-refractivity contribution in [2.75, 3.05) is 19.0 Å². The Morgan fingerprint density at radius 2 is 2.05 bits per heavy atom. The summed E-state index contributed by atoms with van der Waals surface area (Å²) in [6, 6.07) is 4.02. The van der Waals surface area contributed by atoms with Gasteiger partial charge in [-0.25, -0.2) is 4.79 Å². The van der Waals surface area contributed by atoms with E-state index in [4.69, 9.17) is 0 Å². The number of carbonyl (C=O) groups is 1. The van der Waals surface area contributed by atoms with Gasteiger partial charge in [-0.3, -0.25) is 0 Å². The molecule has 0 radical (unpaired) electrons. The zero-order chi connectivity index (χ0) is 15.3. The molecule has 6 heteroatoms. The lowest BCUT2D eigenvalue weighted by atomic mass is 10.1. The van der Waals surface area contributed by atoms with Gasteiger partial charge in [-0.05, 0) is 31.5 Å². The molecule has 0 fully saturated rings. The van der Waals surface area contributed by atoms with Gasteiger partial charge in [0.1, 0.15) is 0 Å². The molecule has 1 aromatic rings. The number of hydrogen-bond acceptors (Lipinski definition) is 3. The first-order chi connectivity index (χ1) is 9.25. The molecule has 0 heterocycles. The molecule has 1 N–H and O–H groups in total. The lowest BCUT2D eigenvalue weighted by Crippen LogP contribution is -2.09. The van der Waals surface area contributed by atoms with Gasteiger partial charge in [0, 0.05) is 17.8 Å². The lowest BCUT2D eigenvalue weighted by molar-refractivity contribution is -0.138. The number of nitrogens with one attached hydrogen (secondary N) is 1. The number of carbonyl (C=O) groups excluding carboxylic acids is 1. The van der Waals surface area contributed by atoms with Crippen LogP contribution in [-0.4, -0.2) is 19.6 Å². The summed E-state index contributed by atoms with van der Waals surface area (Å²) in [6.07, 6.45) is -2.82. The van der Waals surface area contributed by atoms with Crippen molar-refractivity contribution < 1.29 is 22.7 Å². The highest BCUT2D eigenvalue weighted by molar-refractivity contribution is 5.87. The van der Waals surface area contributed by atoms with Crippen LogP contribution in [0.1, 0.15) is 18.1 Å². The van der Waals surface area contributed by atoms with Crippen LogP contribution in [0.25, 0.3) is 0 Å². The molecule has 20 heavy (non-hydrogen) atoms. The summed E-state index contributed by atoms with van der Waals surface area (Å²) in [5, 5.41) is 2.81. The molecular weight excluding hydrogens is 271 g/mol. The van der Waals surface area contributed by atoms with Crippen LogP contribution < -0.4 is 5.32 Å². The molecular formula is C14H16F3NO2. The third-order valence-electron chi connectivity index (χ3n) is 2.76. The van der Waals surface area contributed by atoms with Gasteiger partial charge in [0.25, 0.3) is 0 Å². The molecule has 0 unspecified atom stereocenters. The maximum absolute atomic E-state index is 12.7. The first-order valence-corrected chi connectivity index (χ1v) is 5.92. The van der Waals surface area contributed by atoms with Crippen LogP contribution in [0, 0.1) is 6.92 Å². The van der Waals surface area contributed by atoms with Crippen LogP contribution in [0.2, 0.25) is 0 Å². The normalized spacial score (nSPS) is 12.2. The number of methoxy groups -OCH3 is 1. The average Bonchev–Trinajstić information content (AvgIpc) is 2.38. The summed E-state index contributed by atoms with van der Waals surface area (Å²) in [5.41, 5.74) is 0.237. The minimum absolute atomic E-state index is 0.171. The smallest absolute Gasteiger partial charge is 0.416 e. The number of esters is 1. The van der Waals surface area contributed by atoms with Gasteiger partial charge >= 0.3 is 12.1 Å². The Hall–Kier alpha value is -1.98. The first-order valence-electron chi connectivity index (χ1n) is 5.92. The number of halogens is 3. The molecule has 0 aliphatic heterocycles. The predicted molar refractivity (Wildman–Crippen MR) is 70.4 cm³/mol. The molecule has 0 atom stereocenters. The summed E-state index contributed by atoms with van der Waals surface area (Å²) in [6.45, 7) is 3.22. The monoisotopic (exact) mass is 287 g/mol. The van der Waals surface area contributed by atoms with E-state index in [0.29, 0.717) is 11.3 Å². The van der Waals surface area contributed by atoms with E-state index >= 15 is 0 Å². The number of ether oxygens (including phenoxy) is 1. The first kappa shape index (κ1) is 16.1. The standard InChI is InChI=1S/C14H16F3NO2/c1-9-4-5-11(8-12(9)14(15,16)17)18-7-6-10(2)13(19)20-3/h4-6,8,18H,7H2,1-3H3/b10-6+. The Kier molecular flexibility index (Phi) is 5.19. The molecule has 1 aromatic carbocycles. The molecule has 0 saturated carbocycles. The highest BCUT2D eigenvalue weighted by Gasteiger charge is 2.32. The van der Waals surface area contributed by atoms with Crippen molar-refractivity contribution in [2.24, 2.45) is 0 Å². The second kappa shape index (κ2) is 6.45. The van der Waals surface area contributed by atoms with Crippen LogP contribution in [0.15, 0.2) is 29.8 Å². The van der Waals surface area contributed by atoms with Gasteiger partial charge in [-0.2, -0.15) is 13.2 Å². The summed E-state index contributed by atoms with van der Waals surface area (Å²) in [4.78, 5) is 11.1. The van der Waals surface area contributed by atoms with Gasteiger partial charge in [-0.15, -0.1) is 0 Å². The molecule has 3 nitrogen and oxygen atoms in total. The largest absolute Gasteiger partial charge is 0.466 e. The number of aryl methyl sites for hydroxylation is 1. The number of anilines is 1. The number of benzene rings is 1. The molecule has 0 aliphatic rings. The topological polar surface area (TPSA) is 38.3 Å². The highest BCUT2D eigenvalue weighted by Crippen LogP contribution is 2.33. The molecule has 0 bridgehead atoms. The molecule has 110 valence electrons. The van der Waals surface area contributed by atoms with E-state index in [-0.39, 0.29) is 12.1 Å². The van der Waals surface area contributed by atoms with Gasteiger partial charge in [0.2, 0.25) is 0 Å². The van der Waals surface area contributed by atoms with Crippen molar-refractivity contribution in [1.82, 2.24) is 0 Å². The van der Waals surface area contributed by atoms with Gasteiger partial charge in [0.05, 0.1) is 12.7 Å². The van der Waals surface area contributed by atoms with Crippen LogP contribution >= 0.6 is 0 Å². The van der Waals surface area contributed by atoms with Crippen LogP contribution in [-0.2, 0) is 15.7 Å². The fourth-order valence-electron chi connectivity index (χ4n) is 1.60. The van der Waals surface area contributed by atoms with E-state index in [1.54, 1.807) is 19.1 Å². The third kappa shape index (κ3) is 4.29. The minimum atomic E-state index is -4.38. The Balaban J connectivity index is 2.78. The Bertz CT molecular complexity index is 522. The molecule has 0 spiro atoms. The maximum atomic E-state index is 12.7. The quantitative estimate of drug-likeness (QED) is 0.680. The number of alkyl halides is 3. The second-order valence-electron chi connectivity index (χ2n) is 4.29. The van der Waals surface area contributed by atoms with Gasteiger partial charge in [0.15, 0.2) is 0 Å². The molecule has 0 amide bonds. The lowest BCUT2D eigenvalue weighted by Gasteiger charge is -2.12. The molecule has 0 saturated heterocycles. The van der Waals surface area contributed by atoms with Crippen LogP contribution in [0.3, 0.4) is 0 Å². The predicted octanol–water partition coefficient (Wildman–Crippen LogP) is 3.55. The van der Waals surface area contributed by atoms with Crippen molar-refractivity contribution in [2.45, 2.75) is 20.0 Å². The fraction of sp³-hybridized carbons (Fsp3) is 0.357. The van der Waals surface area contributed by atoms with Crippen molar-refractivity contribution in [1.29, 1.82) is 0 Å². The molecule has 0 aromatic heterocycles. The van der Waals surface area contributed by atoms with E-state index in [9.17, 15) is 18.0 Å². The molecule has 1 rings (SSSR count). The SMILES string of the molecule is COC(=O)/C(C)=C/CNc1ccc(C)c(C(F)(F)F)c1. The summed E-state index contributed by atoms with van der Waals surface area (Å²) in [5.74, 6) is -0.466. The van der Waals surface area contributed by atoms with E-state index in [1.165, 1.54) is 20.1 Å². The summed E-state index contributed by atoms with van der Waals surface area (Å²) in [7, 11) is 1.27. The van der Waals surface area contributed by atoms with E-state index in [0.717, 1.165) is 6.07 Å². The fourth-order valence-corrected chi connectivity index (χ4v) is 1.60. The van der Waals surface area contributed by atoms with Crippen molar-refractivity contribution in [3.8, 4) is 0 Å². The van der Waals surface area contributed by atoms with Crippen molar-refractivity contribution in [3.63, 3.8) is 0 Å². The number of hydrogen-bond donors (Lipinski definition) is 1. The Labute approximate surface area is 115 Å². The van der Waals surface area contributed by atoms with Crippen molar-refractivity contribution in [3.05, 3.63) is 41.0 Å². The van der Waals surface area contributed by atoms with Gasteiger partial charge < -0.3 is 10.1 Å². The zero-order valence-corrected chi connectivity index (χ0v) is 11.5. The van der Waals surface area contributed by atoms with Crippen molar-refractivity contribution >= 4 is 11.7 Å². The van der Waals surface area contributed by atoms with E-state index < -0.39 is 17.7 Å². The van der Waals surface area contributed by atoms with Gasteiger partial charge in [-0.1, -0.05) is 12.1 Å². The number of rotatable bonds is 4. The van der Waals surface area contributed by atoms with E-state index in [1.807, 2.05) is 0 Å². The zero-order valence-electron chi connectivity index (χ0n) is 11.5. The minimum Gasteiger partial charge on any atom is -0.466 e. The van der Waals surface area contributed by atoms with Crippen LogP contribution in [0.5, 0.6) is 0 Å². The Morgan fingerprint density at radius 3 is 2.60 bits per heavy atom. The van der Waals surface area contributed by atoms with Crippen LogP contribution in [0.4, 0.5) is 18.9 Å². The highest BCUT2D eigenvalue weighted by atomic mass is 19.4. The second-order valence-corrected chi connectivity index (χ2v) is 4.29. The summed E-state index contributed by atoms with van der Waals surface area (Å²) < 4.78 is 42.7. The summed E-state index contributed by atoms with van der Waals surface area (Å²) >= 11 is 0. The molecule has 0 aliphatic carbocycles. The third-order valence-corrected chi connectivity index (χ3v) is 2.76. The maximum Gasteiger partial charge on any atom is 0.416 e. The Morgan fingerprint density at radius 1 is 1.40 bits per heavy atom.